The first-order chi connectivity index (χ1) is 12.4. The number of nitrogens with zero attached hydrogens (tertiary/aromatic N) is 2. The van der Waals surface area contributed by atoms with Gasteiger partial charge in [0.1, 0.15) is 5.75 Å². The van der Waals surface area contributed by atoms with Crippen LogP contribution in [0.3, 0.4) is 0 Å². The van der Waals surface area contributed by atoms with E-state index in [0.29, 0.717) is 43.4 Å². The van der Waals surface area contributed by atoms with E-state index in [9.17, 15) is 4.79 Å². The molecule has 0 radical (unpaired) electrons. The molecule has 0 aliphatic rings. The van der Waals surface area contributed by atoms with Crippen LogP contribution in [0.5, 0.6) is 5.75 Å². The molecule has 8 heteroatoms. The lowest BCUT2D eigenvalue weighted by Crippen LogP contribution is -2.17. The molecule has 2 aromatic carbocycles. The molecule has 0 bridgehead atoms. The minimum atomic E-state index is -0.240. The van der Waals surface area contributed by atoms with E-state index in [0.717, 1.165) is 0 Å². The number of hydrogen-bond acceptors (Lipinski definition) is 3. The zero-order chi connectivity index (χ0) is 18.8. The summed E-state index contributed by atoms with van der Waals surface area (Å²) in [4.78, 5) is 17.0. The van der Waals surface area contributed by atoms with Crippen molar-refractivity contribution in [2.45, 2.75) is 6.92 Å². The molecule has 26 heavy (non-hydrogen) atoms. The summed E-state index contributed by atoms with van der Waals surface area (Å²) in [6.45, 7) is 1.79. The SMILES string of the molecule is COc1cc(-n2[nH]c(C)c(C=Nc3ccc(Cl)c(Cl)c3)c2=O)ccc1Cl. The number of aromatic amines is 1. The molecule has 0 spiro atoms. The molecular formula is C18H14Cl3N3O2. The lowest BCUT2D eigenvalue weighted by molar-refractivity contribution is 0.414. The predicted molar refractivity (Wildman–Crippen MR) is 106 cm³/mol. The van der Waals surface area contributed by atoms with E-state index < -0.39 is 0 Å². The maximum absolute atomic E-state index is 12.7. The Balaban J connectivity index is 1.99. The van der Waals surface area contributed by atoms with Gasteiger partial charge in [0, 0.05) is 18.0 Å². The molecule has 0 aliphatic carbocycles. The van der Waals surface area contributed by atoms with Gasteiger partial charge in [-0.3, -0.25) is 14.9 Å². The fraction of sp³-hybridized carbons (Fsp3) is 0.111. The largest absolute Gasteiger partial charge is 0.495 e. The summed E-state index contributed by atoms with van der Waals surface area (Å²) in [5.74, 6) is 0.481. The highest BCUT2D eigenvalue weighted by atomic mass is 35.5. The second kappa shape index (κ2) is 7.58. The molecule has 0 atom stereocenters. The quantitative estimate of drug-likeness (QED) is 0.601. The number of hydrogen-bond donors (Lipinski definition) is 1. The maximum atomic E-state index is 12.7. The molecular weight excluding hydrogens is 397 g/mol. The van der Waals surface area contributed by atoms with Crippen molar-refractivity contribution in [2.75, 3.05) is 7.11 Å². The molecule has 0 saturated carbocycles. The molecule has 0 amide bonds. The van der Waals surface area contributed by atoms with E-state index in [1.54, 1.807) is 43.3 Å². The lowest BCUT2D eigenvalue weighted by atomic mass is 10.2. The predicted octanol–water partition coefficient (Wildman–Crippen LogP) is 5.19. The van der Waals surface area contributed by atoms with E-state index in [-0.39, 0.29) is 5.56 Å². The number of benzene rings is 2. The van der Waals surface area contributed by atoms with Crippen molar-refractivity contribution in [3.63, 3.8) is 0 Å². The third kappa shape index (κ3) is 3.65. The Morgan fingerprint density at radius 2 is 1.81 bits per heavy atom. The molecule has 5 nitrogen and oxygen atoms in total. The molecule has 0 fully saturated rings. The number of aliphatic imine (C=N–C) groups is 1. The Labute approximate surface area is 164 Å². The van der Waals surface area contributed by atoms with Crippen molar-refractivity contribution in [2.24, 2.45) is 4.99 Å². The molecule has 134 valence electrons. The summed E-state index contributed by atoms with van der Waals surface area (Å²) in [6.07, 6.45) is 1.50. The van der Waals surface area contributed by atoms with Crippen molar-refractivity contribution < 1.29 is 4.74 Å². The van der Waals surface area contributed by atoms with Gasteiger partial charge in [-0.2, -0.15) is 0 Å². The van der Waals surface area contributed by atoms with Gasteiger partial charge in [-0.25, -0.2) is 4.68 Å². The van der Waals surface area contributed by atoms with E-state index >= 15 is 0 Å². The molecule has 3 aromatic rings. The first-order valence-corrected chi connectivity index (χ1v) is 8.68. The van der Waals surface area contributed by atoms with E-state index in [1.165, 1.54) is 18.0 Å². The monoisotopic (exact) mass is 409 g/mol. The summed E-state index contributed by atoms with van der Waals surface area (Å²) in [6, 6.07) is 10.1. The highest BCUT2D eigenvalue weighted by Crippen LogP contribution is 2.27. The van der Waals surface area contributed by atoms with Gasteiger partial charge in [-0.15, -0.1) is 0 Å². The number of nitrogens with one attached hydrogen (secondary N) is 1. The van der Waals surface area contributed by atoms with Crippen LogP contribution < -0.4 is 10.3 Å². The smallest absolute Gasteiger partial charge is 0.280 e. The van der Waals surface area contributed by atoms with Crippen LogP contribution in [0, 0.1) is 6.92 Å². The Bertz CT molecular complexity index is 1050. The molecule has 0 aliphatic heterocycles. The number of halogens is 3. The first-order valence-electron chi connectivity index (χ1n) is 7.55. The van der Waals surface area contributed by atoms with Gasteiger partial charge in [-0.1, -0.05) is 34.8 Å². The number of aromatic nitrogens is 2. The average molecular weight is 411 g/mol. The summed E-state index contributed by atoms with van der Waals surface area (Å²) in [5.41, 5.74) is 2.07. The van der Waals surface area contributed by atoms with Crippen LogP contribution in [0.1, 0.15) is 11.3 Å². The summed E-state index contributed by atoms with van der Waals surface area (Å²) < 4.78 is 6.61. The molecule has 0 saturated heterocycles. The number of methoxy groups -OCH3 is 1. The summed E-state index contributed by atoms with van der Waals surface area (Å²) >= 11 is 17.9. The topological polar surface area (TPSA) is 59.4 Å². The van der Waals surface area contributed by atoms with Gasteiger partial charge in [0.15, 0.2) is 0 Å². The van der Waals surface area contributed by atoms with Gasteiger partial charge in [-0.05, 0) is 37.3 Å². The van der Waals surface area contributed by atoms with Crippen molar-refractivity contribution in [1.29, 1.82) is 0 Å². The Kier molecular flexibility index (Phi) is 5.41. The minimum absolute atomic E-state index is 0.240. The van der Waals surface area contributed by atoms with Gasteiger partial charge in [0.2, 0.25) is 0 Å². The van der Waals surface area contributed by atoms with Crippen molar-refractivity contribution >= 4 is 46.7 Å². The van der Waals surface area contributed by atoms with Gasteiger partial charge >= 0.3 is 0 Å². The second-order valence-electron chi connectivity index (χ2n) is 5.47. The van der Waals surface area contributed by atoms with Crippen molar-refractivity contribution in [3.05, 3.63) is 73.1 Å². The lowest BCUT2D eigenvalue weighted by Gasteiger charge is -2.06. The van der Waals surface area contributed by atoms with E-state index in [1.807, 2.05) is 0 Å². The fourth-order valence-corrected chi connectivity index (χ4v) is 2.87. The number of aryl methyl sites for hydroxylation is 1. The van der Waals surface area contributed by atoms with Crippen LogP contribution in [0.25, 0.3) is 5.69 Å². The fourth-order valence-electron chi connectivity index (χ4n) is 2.39. The molecule has 1 heterocycles. The van der Waals surface area contributed by atoms with Crippen LogP contribution in [0.2, 0.25) is 15.1 Å². The van der Waals surface area contributed by atoms with Gasteiger partial charge in [0.25, 0.3) is 5.56 Å². The van der Waals surface area contributed by atoms with Gasteiger partial charge < -0.3 is 4.74 Å². The highest BCUT2D eigenvalue weighted by Gasteiger charge is 2.12. The van der Waals surface area contributed by atoms with Crippen LogP contribution in [-0.4, -0.2) is 23.1 Å². The normalized spacial score (nSPS) is 11.3. The third-order valence-electron chi connectivity index (χ3n) is 3.76. The molecule has 3 rings (SSSR count). The van der Waals surface area contributed by atoms with Crippen LogP contribution in [0.4, 0.5) is 5.69 Å². The second-order valence-corrected chi connectivity index (χ2v) is 6.69. The van der Waals surface area contributed by atoms with E-state index in [2.05, 4.69) is 10.1 Å². The first kappa shape index (κ1) is 18.6. The Morgan fingerprint density at radius 1 is 1.08 bits per heavy atom. The van der Waals surface area contributed by atoms with Crippen molar-refractivity contribution in [1.82, 2.24) is 9.78 Å². The minimum Gasteiger partial charge on any atom is -0.495 e. The van der Waals surface area contributed by atoms with Crippen LogP contribution in [-0.2, 0) is 0 Å². The van der Waals surface area contributed by atoms with Crippen molar-refractivity contribution in [3.8, 4) is 11.4 Å². The number of rotatable bonds is 4. The number of ether oxygens (including phenoxy) is 1. The Hall–Kier alpha value is -2.21. The highest BCUT2D eigenvalue weighted by molar-refractivity contribution is 6.42. The van der Waals surface area contributed by atoms with Crippen LogP contribution in [0.15, 0.2) is 46.2 Å². The van der Waals surface area contributed by atoms with E-state index in [4.69, 9.17) is 39.5 Å². The van der Waals surface area contributed by atoms with Gasteiger partial charge in [0.05, 0.1) is 39.1 Å². The third-order valence-corrected chi connectivity index (χ3v) is 4.81. The Morgan fingerprint density at radius 3 is 2.50 bits per heavy atom. The van der Waals surface area contributed by atoms with Crippen LogP contribution >= 0.6 is 34.8 Å². The zero-order valence-corrected chi connectivity index (χ0v) is 16.2. The molecule has 1 N–H and O–H groups in total. The average Bonchev–Trinajstić information content (AvgIpc) is 2.90. The number of H-pyrrole nitrogens is 1. The standard InChI is InChI=1S/C18H14Cl3N3O2/c1-10-13(9-22-11-3-5-14(19)16(21)7-11)18(25)24(23-10)12-4-6-15(20)17(8-12)26-2/h3-9,23H,1-2H3. The molecule has 0 unspecified atom stereocenters. The summed E-state index contributed by atoms with van der Waals surface area (Å²) in [7, 11) is 1.52. The maximum Gasteiger partial charge on any atom is 0.280 e. The molecule has 1 aromatic heterocycles. The zero-order valence-electron chi connectivity index (χ0n) is 13.9. The summed E-state index contributed by atoms with van der Waals surface area (Å²) in [5, 5.41) is 4.34.